The Morgan fingerprint density at radius 1 is 1.03 bits per heavy atom. The van der Waals surface area contributed by atoms with Gasteiger partial charge in [0.25, 0.3) is 0 Å². The molecule has 6 heteroatoms. The summed E-state index contributed by atoms with van der Waals surface area (Å²) in [6, 6.07) is 14.0. The number of methoxy groups -OCH3 is 1. The molecule has 2 aromatic carbocycles. The number of benzene rings is 2. The molecule has 32 heavy (non-hydrogen) atoms. The molecule has 0 N–H and O–H groups in total. The molecule has 1 aliphatic heterocycles. The molecule has 0 atom stereocenters. The summed E-state index contributed by atoms with van der Waals surface area (Å²) in [7, 11) is 1.65. The molecule has 3 aromatic rings. The van der Waals surface area contributed by atoms with Gasteiger partial charge in [0.1, 0.15) is 17.4 Å². The third-order valence-corrected chi connectivity index (χ3v) is 5.86. The Labute approximate surface area is 188 Å². The summed E-state index contributed by atoms with van der Waals surface area (Å²) in [5.74, 6) is 1.58. The van der Waals surface area contributed by atoms with Crippen LogP contribution in [0.1, 0.15) is 42.4 Å². The first-order valence-corrected chi connectivity index (χ1v) is 11.0. The number of fused-ring (bicyclic) bond motifs is 1. The van der Waals surface area contributed by atoms with Crippen LogP contribution in [0.4, 0.5) is 4.39 Å². The fourth-order valence-corrected chi connectivity index (χ4v) is 4.00. The van der Waals surface area contributed by atoms with Crippen LogP contribution in [0.2, 0.25) is 0 Å². The maximum absolute atomic E-state index is 13.2. The highest BCUT2D eigenvalue weighted by Crippen LogP contribution is 2.29. The molecule has 1 aliphatic rings. The molecule has 0 radical (unpaired) electrons. The monoisotopic (exact) mass is 433 g/mol. The molecule has 1 amide bonds. The van der Waals surface area contributed by atoms with Crippen LogP contribution in [-0.2, 0) is 24.1 Å². The normalized spacial score (nSPS) is 13.6. The van der Waals surface area contributed by atoms with Crippen molar-refractivity contribution in [2.24, 2.45) is 0 Å². The Morgan fingerprint density at radius 2 is 1.72 bits per heavy atom. The zero-order chi connectivity index (χ0) is 22.7. The van der Waals surface area contributed by atoms with Crippen molar-refractivity contribution in [2.75, 3.05) is 20.2 Å². The zero-order valence-electron chi connectivity index (χ0n) is 18.8. The molecule has 0 spiro atoms. The number of carbonyl (C=O) groups excluding carboxylic acids is 1. The second-order valence-corrected chi connectivity index (χ2v) is 8.42. The lowest BCUT2D eigenvalue weighted by Crippen LogP contribution is -2.34. The fourth-order valence-electron chi connectivity index (χ4n) is 4.00. The average Bonchev–Trinajstić information content (AvgIpc) is 3.03. The van der Waals surface area contributed by atoms with E-state index in [1.54, 1.807) is 19.2 Å². The molecular formula is C26H28FN3O2. The van der Waals surface area contributed by atoms with E-state index in [4.69, 9.17) is 14.7 Å². The van der Waals surface area contributed by atoms with Gasteiger partial charge in [-0.3, -0.25) is 4.79 Å². The molecule has 0 saturated carbocycles. The van der Waals surface area contributed by atoms with Gasteiger partial charge in [0.2, 0.25) is 5.91 Å². The molecule has 1 aromatic heterocycles. The molecule has 5 nitrogen and oxygen atoms in total. The quantitative estimate of drug-likeness (QED) is 0.591. The Kier molecular flexibility index (Phi) is 6.49. The Bertz CT molecular complexity index is 1100. The second kappa shape index (κ2) is 9.47. The topological polar surface area (TPSA) is 55.3 Å². The summed E-state index contributed by atoms with van der Waals surface area (Å²) in [6.45, 7) is 5.41. The lowest BCUT2D eigenvalue weighted by atomic mass is 10.00. The van der Waals surface area contributed by atoms with E-state index >= 15 is 0 Å². The van der Waals surface area contributed by atoms with E-state index in [0.29, 0.717) is 25.9 Å². The molecule has 0 fully saturated rings. The van der Waals surface area contributed by atoms with Crippen LogP contribution in [-0.4, -0.2) is 41.0 Å². The van der Waals surface area contributed by atoms with Gasteiger partial charge in [-0.05, 0) is 48.4 Å². The third-order valence-electron chi connectivity index (χ3n) is 5.86. The molecule has 166 valence electrons. The molecule has 2 heterocycles. The summed E-state index contributed by atoms with van der Waals surface area (Å²) in [6.07, 6.45) is 1.66. The summed E-state index contributed by atoms with van der Waals surface area (Å²) in [5.41, 5.74) is 4.91. The highest BCUT2D eigenvalue weighted by Gasteiger charge is 2.24. The first-order chi connectivity index (χ1) is 15.4. The second-order valence-electron chi connectivity index (χ2n) is 8.42. The van der Waals surface area contributed by atoms with Crippen molar-refractivity contribution in [3.8, 4) is 17.0 Å². The SMILES string of the molecule is COc1ccc(-c2nc(C(C)C)nc3c2CCN(C(=O)Cc2ccc(F)cc2)CC3)cc1. The van der Waals surface area contributed by atoms with Gasteiger partial charge in [0.15, 0.2) is 0 Å². The van der Waals surface area contributed by atoms with Crippen molar-refractivity contribution >= 4 is 5.91 Å². The Morgan fingerprint density at radius 3 is 2.38 bits per heavy atom. The van der Waals surface area contributed by atoms with Gasteiger partial charge in [-0.2, -0.15) is 0 Å². The van der Waals surface area contributed by atoms with Gasteiger partial charge in [-0.15, -0.1) is 0 Å². The standard InChI is InChI=1S/C26H28FN3O2/c1-17(2)26-28-23-13-15-30(24(31)16-18-4-8-20(27)9-5-18)14-12-22(23)25(29-26)19-6-10-21(32-3)11-7-19/h4-11,17H,12-16H2,1-3H3. The van der Waals surface area contributed by atoms with Crippen LogP contribution in [0.25, 0.3) is 11.3 Å². The average molecular weight is 434 g/mol. The molecule has 0 bridgehead atoms. The van der Waals surface area contributed by atoms with Gasteiger partial charge in [-0.1, -0.05) is 26.0 Å². The van der Waals surface area contributed by atoms with Gasteiger partial charge >= 0.3 is 0 Å². The first kappa shape index (κ1) is 21.9. The van der Waals surface area contributed by atoms with Crippen LogP contribution in [0.5, 0.6) is 5.75 Å². The minimum atomic E-state index is -0.294. The largest absolute Gasteiger partial charge is 0.497 e. The Hall–Kier alpha value is -3.28. The van der Waals surface area contributed by atoms with E-state index in [0.717, 1.165) is 39.7 Å². The van der Waals surface area contributed by atoms with Crippen LogP contribution in [0.3, 0.4) is 0 Å². The summed E-state index contributed by atoms with van der Waals surface area (Å²) >= 11 is 0. The number of halogens is 1. The van der Waals surface area contributed by atoms with E-state index in [2.05, 4.69) is 13.8 Å². The van der Waals surface area contributed by atoms with Crippen LogP contribution in [0.15, 0.2) is 48.5 Å². The van der Waals surface area contributed by atoms with Crippen LogP contribution < -0.4 is 4.74 Å². The fraction of sp³-hybridized carbons (Fsp3) is 0.346. The molecule has 0 unspecified atom stereocenters. The van der Waals surface area contributed by atoms with Crippen molar-refractivity contribution in [3.05, 3.63) is 77.0 Å². The third kappa shape index (κ3) is 4.79. The van der Waals surface area contributed by atoms with Crippen molar-refractivity contribution in [1.29, 1.82) is 0 Å². The zero-order valence-corrected chi connectivity index (χ0v) is 18.8. The lowest BCUT2D eigenvalue weighted by molar-refractivity contribution is -0.130. The van der Waals surface area contributed by atoms with E-state index in [1.807, 2.05) is 29.2 Å². The molecular weight excluding hydrogens is 405 g/mol. The number of hydrogen-bond acceptors (Lipinski definition) is 4. The van der Waals surface area contributed by atoms with Gasteiger partial charge in [0.05, 0.1) is 19.2 Å². The van der Waals surface area contributed by atoms with Crippen molar-refractivity contribution in [1.82, 2.24) is 14.9 Å². The van der Waals surface area contributed by atoms with Crippen LogP contribution in [0, 0.1) is 5.82 Å². The highest BCUT2D eigenvalue weighted by atomic mass is 19.1. The smallest absolute Gasteiger partial charge is 0.227 e. The minimum Gasteiger partial charge on any atom is -0.497 e. The lowest BCUT2D eigenvalue weighted by Gasteiger charge is -2.20. The van der Waals surface area contributed by atoms with Crippen molar-refractivity contribution < 1.29 is 13.9 Å². The number of nitrogens with zero attached hydrogens (tertiary/aromatic N) is 3. The van der Waals surface area contributed by atoms with Gasteiger partial charge < -0.3 is 9.64 Å². The maximum atomic E-state index is 13.2. The highest BCUT2D eigenvalue weighted by molar-refractivity contribution is 5.79. The first-order valence-electron chi connectivity index (χ1n) is 11.0. The molecule has 0 aliphatic carbocycles. The summed E-state index contributed by atoms with van der Waals surface area (Å²) in [4.78, 5) is 24.6. The Balaban J connectivity index is 1.60. The van der Waals surface area contributed by atoms with Gasteiger partial charge in [-0.25, -0.2) is 14.4 Å². The number of hydrogen-bond donors (Lipinski definition) is 0. The van der Waals surface area contributed by atoms with E-state index in [-0.39, 0.29) is 24.1 Å². The van der Waals surface area contributed by atoms with Crippen LogP contribution >= 0.6 is 0 Å². The molecule has 4 rings (SSSR count). The van der Waals surface area contributed by atoms with Gasteiger partial charge in [0, 0.05) is 42.2 Å². The van der Waals surface area contributed by atoms with E-state index in [1.165, 1.54) is 12.1 Å². The van der Waals surface area contributed by atoms with E-state index in [9.17, 15) is 9.18 Å². The van der Waals surface area contributed by atoms with Crippen molar-refractivity contribution in [3.63, 3.8) is 0 Å². The number of rotatable bonds is 5. The predicted molar refractivity (Wildman–Crippen MR) is 122 cm³/mol. The number of carbonyl (C=O) groups is 1. The predicted octanol–water partition coefficient (Wildman–Crippen LogP) is 4.58. The number of aromatic nitrogens is 2. The minimum absolute atomic E-state index is 0.0486. The van der Waals surface area contributed by atoms with Crippen molar-refractivity contribution in [2.45, 2.75) is 39.0 Å². The number of ether oxygens (including phenoxy) is 1. The van der Waals surface area contributed by atoms with E-state index < -0.39 is 0 Å². The maximum Gasteiger partial charge on any atom is 0.227 e. The number of amides is 1. The summed E-state index contributed by atoms with van der Waals surface area (Å²) in [5, 5.41) is 0. The summed E-state index contributed by atoms with van der Waals surface area (Å²) < 4.78 is 18.5. The molecule has 0 saturated heterocycles.